The third-order valence-corrected chi connectivity index (χ3v) is 4.20. The van der Waals surface area contributed by atoms with Gasteiger partial charge in [-0.15, -0.1) is 0 Å². The first-order chi connectivity index (χ1) is 6.51. The Kier molecular flexibility index (Phi) is 3.65. The van der Waals surface area contributed by atoms with Crippen molar-refractivity contribution in [2.24, 2.45) is 5.73 Å². The lowest BCUT2D eigenvalue weighted by atomic mass is 10.2. The normalized spacial score (nSPS) is 11.6. The van der Waals surface area contributed by atoms with Gasteiger partial charge in [0.05, 0.1) is 4.90 Å². The quantitative estimate of drug-likeness (QED) is 0.860. The summed E-state index contributed by atoms with van der Waals surface area (Å²) in [6, 6.07) is 5.00. The molecule has 78 valence electrons. The van der Waals surface area contributed by atoms with Crippen LogP contribution in [0.15, 0.2) is 27.6 Å². The maximum atomic E-state index is 11.5. The molecule has 0 aliphatic carbocycles. The van der Waals surface area contributed by atoms with Crippen LogP contribution in [0, 0.1) is 0 Å². The third-order valence-electron chi connectivity index (χ3n) is 1.79. The van der Waals surface area contributed by atoms with E-state index in [1.165, 1.54) is 7.05 Å². The van der Waals surface area contributed by atoms with Crippen molar-refractivity contribution >= 4 is 26.0 Å². The molecule has 0 radical (unpaired) electrons. The fraction of sp³-hybridized carbons (Fsp3) is 0.250. The second-order valence-corrected chi connectivity index (χ2v) is 5.39. The van der Waals surface area contributed by atoms with Gasteiger partial charge in [-0.1, -0.05) is 6.07 Å². The van der Waals surface area contributed by atoms with E-state index in [2.05, 4.69) is 20.7 Å². The zero-order chi connectivity index (χ0) is 10.8. The summed E-state index contributed by atoms with van der Waals surface area (Å²) in [4.78, 5) is 0.211. The highest BCUT2D eigenvalue weighted by Crippen LogP contribution is 2.22. The molecular formula is C8H11BrN2O2S. The van der Waals surface area contributed by atoms with Crippen LogP contribution in [0.25, 0.3) is 0 Å². The van der Waals surface area contributed by atoms with Crippen LogP contribution >= 0.6 is 15.9 Å². The van der Waals surface area contributed by atoms with Gasteiger partial charge in [0.15, 0.2) is 0 Å². The van der Waals surface area contributed by atoms with Crippen LogP contribution in [0.5, 0.6) is 0 Å². The van der Waals surface area contributed by atoms with Crippen molar-refractivity contribution in [1.29, 1.82) is 0 Å². The van der Waals surface area contributed by atoms with Gasteiger partial charge in [0, 0.05) is 11.0 Å². The van der Waals surface area contributed by atoms with E-state index >= 15 is 0 Å². The van der Waals surface area contributed by atoms with E-state index in [1.807, 2.05) is 0 Å². The van der Waals surface area contributed by atoms with Crippen molar-refractivity contribution in [3.8, 4) is 0 Å². The van der Waals surface area contributed by atoms with Crippen molar-refractivity contribution in [1.82, 2.24) is 4.72 Å². The Bertz CT molecular complexity index is 431. The lowest BCUT2D eigenvalue weighted by molar-refractivity contribution is 0.587. The number of rotatable bonds is 3. The van der Waals surface area contributed by atoms with E-state index in [9.17, 15) is 8.42 Å². The average molecular weight is 279 g/mol. The van der Waals surface area contributed by atoms with Crippen LogP contribution in [-0.4, -0.2) is 15.5 Å². The van der Waals surface area contributed by atoms with E-state index in [-0.39, 0.29) is 4.90 Å². The molecular weight excluding hydrogens is 268 g/mol. The summed E-state index contributed by atoms with van der Waals surface area (Å²) in [7, 11) is -2.04. The maximum absolute atomic E-state index is 11.5. The van der Waals surface area contributed by atoms with Gasteiger partial charge < -0.3 is 5.73 Å². The van der Waals surface area contributed by atoms with Gasteiger partial charge in [-0.25, -0.2) is 13.1 Å². The molecule has 0 aliphatic rings. The van der Waals surface area contributed by atoms with Crippen molar-refractivity contribution in [2.45, 2.75) is 11.4 Å². The van der Waals surface area contributed by atoms with Crippen LogP contribution in [-0.2, 0) is 16.6 Å². The lowest BCUT2D eigenvalue weighted by Crippen LogP contribution is -2.19. The largest absolute Gasteiger partial charge is 0.326 e. The van der Waals surface area contributed by atoms with Crippen molar-refractivity contribution in [3.63, 3.8) is 0 Å². The van der Waals surface area contributed by atoms with Crippen molar-refractivity contribution in [2.75, 3.05) is 7.05 Å². The van der Waals surface area contributed by atoms with E-state index in [1.54, 1.807) is 18.2 Å². The molecule has 0 unspecified atom stereocenters. The molecule has 1 aromatic carbocycles. The zero-order valence-corrected chi connectivity index (χ0v) is 10.0. The topological polar surface area (TPSA) is 72.2 Å². The van der Waals surface area contributed by atoms with Crippen LogP contribution < -0.4 is 10.5 Å². The van der Waals surface area contributed by atoms with E-state index < -0.39 is 10.0 Å². The summed E-state index contributed by atoms with van der Waals surface area (Å²) in [5.41, 5.74) is 6.20. The third kappa shape index (κ3) is 2.33. The number of benzene rings is 1. The Labute approximate surface area is 91.7 Å². The predicted molar refractivity (Wildman–Crippen MR) is 58.3 cm³/mol. The summed E-state index contributed by atoms with van der Waals surface area (Å²) in [6.45, 7) is 0.319. The monoisotopic (exact) mass is 278 g/mol. The molecule has 0 spiro atoms. The van der Waals surface area contributed by atoms with Crippen molar-refractivity contribution in [3.05, 3.63) is 28.2 Å². The Hall–Kier alpha value is -0.430. The molecule has 0 aromatic heterocycles. The predicted octanol–water partition coefficient (Wildman–Crippen LogP) is 0.816. The first-order valence-corrected chi connectivity index (χ1v) is 6.21. The summed E-state index contributed by atoms with van der Waals surface area (Å²) < 4.78 is 25.8. The summed E-state index contributed by atoms with van der Waals surface area (Å²) in [5.74, 6) is 0. The maximum Gasteiger partial charge on any atom is 0.241 e. The number of hydrogen-bond donors (Lipinski definition) is 2. The molecule has 6 heteroatoms. The zero-order valence-electron chi connectivity index (χ0n) is 7.62. The summed E-state index contributed by atoms with van der Waals surface area (Å²) in [5, 5.41) is 0. The van der Waals surface area contributed by atoms with Gasteiger partial charge in [0.25, 0.3) is 0 Å². The molecule has 1 aromatic rings. The highest BCUT2D eigenvalue weighted by Gasteiger charge is 2.15. The molecule has 0 atom stereocenters. The molecule has 0 heterocycles. The molecule has 1 rings (SSSR count). The van der Waals surface area contributed by atoms with Crippen LogP contribution in [0.1, 0.15) is 5.56 Å². The number of sulfonamides is 1. The smallest absolute Gasteiger partial charge is 0.241 e. The molecule has 0 saturated heterocycles. The molecule has 4 nitrogen and oxygen atoms in total. The number of halogens is 1. The lowest BCUT2D eigenvalue weighted by Gasteiger charge is -2.06. The Morgan fingerprint density at radius 1 is 1.50 bits per heavy atom. The SMILES string of the molecule is CNS(=O)(=O)c1cc(CN)ccc1Br. The standard InChI is InChI=1S/C8H11BrN2O2S/c1-11-14(12,13)8-4-6(5-10)2-3-7(8)9/h2-4,11H,5,10H2,1H3. The molecule has 0 amide bonds. The second-order valence-electron chi connectivity index (χ2n) is 2.68. The van der Waals surface area contributed by atoms with E-state index in [0.717, 1.165) is 5.56 Å². The minimum absolute atomic E-state index is 0.211. The average Bonchev–Trinajstić information content (AvgIpc) is 2.18. The molecule has 0 aliphatic heterocycles. The highest BCUT2D eigenvalue weighted by atomic mass is 79.9. The molecule has 3 N–H and O–H groups in total. The first-order valence-electron chi connectivity index (χ1n) is 3.93. The fourth-order valence-corrected chi connectivity index (χ4v) is 2.73. The van der Waals surface area contributed by atoms with Gasteiger partial charge in [-0.05, 0) is 40.7 Å². The second kappa shape index (κ2) is 4.39. The van der Waals surface area contributed by atoms with Gasteiger partial charge in [0.2, 0.25) is 10.0 Å². The highest BCUT2D eigenvalue weighted by molar-refractivity contribution is 9.10. The van der Waals surface area contributed by atoms with Gasteiger partial charge in [-0.3, -0.25) is 0 Å². The van der Waals surface area contributed by atoms with Gasteiger partial charge in [0.1, 0.15) is 0 Å². The number of nitrogens with two attached hydrogens (primary N) is 1. The van der Waals surface area contributed by atoms with E-state index in [0.29, 0.717) is 11.0 Å². The van der Waals surface area contributed by atoms with Crippen LogP contribution in [0.3, 0.4) is 0 Å². The number of hydrogen-bond acceptors (Lipinski definition) is 3. The Morgan fingerprint density at radius 2 is 2.14 bits per heavy atom. The van der Waals surface area contributed by atoms with Gasteiger partial charge in [-0.2, -0.15) is 0 Å². The van der Waals surface area contributed by atoms with Crippen LogP contribution in [0.2, 0.25) is 0 Å². The fourth-order valence-electron chi connectivity index (χ4n) is 0.991. The summed E-state index contributed by atoms with van der Waals surface area (Å²) in [6.07, 6.45) is 0. The molecule has 0 bridgehead atoms. The van der Waals surface area contributed by atoms with Crippen molar-refractivity contribution < 1.29 is 8.42 Å². The molecule has 0 saturated carbocycles. The Balaban J connectivity index is 3.33. The molecule has 14 heavy (non-hydrogen) atoms. The molecule has 0 fully saturated rings. The van der Waals surface area contributed by atoms with E-state index in [4.69, 9.17) is 5.73 Å². The minimum Gasteiger partial charge on any atom is -0.326 e. The first kappa shape index (κ1) is 11.6. The van der Waals surface area contributed by atoms with Crippen LogP contribution in [0.4, 0.5) is 0 Å². The van der Waals surface area contributed by atoms with Gasteiger partial charge >= 0.3 is 0 Å². The summed E-state index contributed by atoms with van der Waals surface area (Å²) >= 11 is 3.18. The number of nitrogens with one attached hydrogen (secondary N) is 1. The minimum atomic E-state index is -3.41. The Morgan fingerprint density at radius 3 is 2.64 bits per heavy atom.